The Morgan fingerprint density at radius 3 is 2.19 bits per heavy atom. The van der Waals surface area contributed by atoms with Gasteiger partial charge in [-0.1, -0.05) is 93.8 Å². The Morgan fingerprint density at radius 2 is 1.54 bits per heavy atom. The fourth-order valence-electron chi connectivity index (χ4n) is 5.11. The summed E-state index contributed by atoms with van der Waals surface area (Å²) in [6.07, 6.45) is 12.1. The van der Waals surface area contributed by atoms with Gasteiger partial charge in [-0.05, 0) is 60.4 Å². The summed E-state index contributed by atoms with van der Waals surface area (Å²) >= 11 is 0. The smallest absolute Gasteiger partial charge is 0.166 e. The van der Waals surface area contributed by atoms with Crippen LogP contribution in [0.3, 0.4) is 0 Å². The van der Waals surface area contributed by atoms with Gasteiger partial charge in [0.05, 0.1) is 12.7 Å². The molecule has 1 heterocycles. The summed E-state index contributed by atoms with van der Waals surface area (Å²) < 4.78 is 50.6. The Hall–Kier alpha value is -2.85. The van der Waals surface area contributed by atoms with Gasteiger partial charge >= 0.3 is 0 Å². The molecule has 1 nitrogen and oxygen atoms in total. The van der Waals surface area contributed by atoms with Crippen molar-refractivity contribution in [2.45, 2.75) is 77.2 Å². The van der Waals surface area contributed by atoms with Crippen molar-refractivity contribution in [1.82, 2.24) is 0 Å². The fraction of sp³-hybridized carbons (Fsp3) is 0.394. The average Bonchev–Trinajstić information content (AvgIpc) is 2.92. The molecular formula is C33H37F3O. The van der Waals surface area contributed by atoms with Crippen LogP contribution in [0.1, 0.15) is 75.8 Å². The van der Waals surface area contributed by atoms with E-state index in [1.54, 1.807) is 42.5 Å². The lowest BCUT2D eigenvalue weighted by Crippen LogP contribution is -2.24. The van der Waals surface area contributed by atoms with E-state index in [1.165, 1.54) is 19.3 Å². The monoisotopic (exact) mass is 506 g/mol. The van der Waals surface area contributed by atoms with Crippen molar-refractivity contribution in [2.24, 2.45) is 0 Å². The van der Waals surface area contributed by atoms with E-state index in [1.807, 2.05) is 31.2 Å². The van der Waals surface area contributed by atoms with E-state index in [0.29, 0.717) is 41.4 Å². The molecule has 2 atom stereocenters. The van der Waals surface area contributed by atoms with E-state index in [4.69, 9.17) is 4.74 Å². The zero-order valence-corrected chi connectivity index (χ0v) is 21.9. The molecule has 4 heteroatoms. The van der Waals surface area contributed by atoms with Crippen molar-refractivity contribution in [3.63, 3.8) is 0 Å². The number of halogens is 3. The lowest BCUT2D eigenvalue weighted by Gasteiger charge is -2.29. The molecule has 1 saturated heterocycles. The minimum atomic E-state index is -0.854. The number of rotatable bonds is 10. The van der Waals surface area contributed by atoms with Crippen LogP contribution in [-0.4, -0.2) is 12.7 Å². The van der Waals surface area contributed by atoms with Gasteiger partial charge in [0.25, 0.3) is 0 Å². The Bertz CT molecular complexity index is 1190. The predicted octanol–water partition coefficient (Wildman–Crippen LogP) is 9.79. The topological polar surface area (TPSA) is 9.23 Å². The number of unbranched alkanes of at least 4 members (excludes halogenated alkanes) is 2. The second-order valence-electron chi connectivity index (χ2n) is 10.0. The van der Waals surface area contributed by atoms with Crippen molar-refractivity contribution >= 4 is 0 Å². The Kier molecular flexibility index (Phi) is 9.62. The van der Waals surface area contributed by atoms with Crippen LogP contribution in [0.5, 0.6) is 0 Å². The van der Waals surface area contributed by atoms with E-state index in [0.717, 1.165) is 31.2 Å². The van der Waals surface area contributed by atoms with Gasteiger partial charge in [-0.25, -0.2) is 13.2 Å². The third-order valence-corrected chi connectivity index (χ3v) is 7.37. The SMILES string of the molecule is CCC=CCc1ccc(-c2ccc(-c3ccc(C4CCC(CCCCC)OC4)cc3F)cc2)c(F)c1F. The molecule has 0 spiro atoms. The maximum Gasteiger partial charge on any atom is 0.166 e. The van der Waals surface area contributed by atoms with E-state index in [2.05, 4.69) is 6.92 Å². The molecule has 3 aromatic rings. The quantitative estimate of drug-likeness (QED) is 0.196. The first-order valence-electron chi connectivity index (χ1n) is 13.7. The molecule has 196 valence electrons. The summed E-state index contributed by atoms with van der Waals surface area (Å²) in [4.78, 5) is 0. The van der Waals surface area contributed by atoms with Crippen LogP contribution >= 0.6 is 0 Å². The first kappa shape index (κ1) is 27.2. The summed E-state index contributed by atoms with van der Waals surface area (Å²) in [7, 11) is 0. The van der Waals surface area contributed by atoms with E-state index in [-0.39, 0.29) is 17.3 Å². The van der Waals surface area contributed by atoms with Crippen LogP contribution < -0.4 is 0 Å². The molecule has 0 N–H and O–H groups in total. The van der Waals surface area contributed by atoms with Crippen molar-refractivity contribution in [2.75, 3.05) is 6.61 Å². The van der Waals surface area contributed by atoms with Gasteiger partial charge in [0.2, 0.25) is 0 Å². The lowest BCUT2D eigenvalue weighted by molar-refractivity contribution is -0.00211. The highest BCUT2D eigenvalue weighted by Crippen LogP contribution is 2.34. The molecule has 0 aliphatic carbocycles. The minimum Gasteiger partial charge on any atom is -0.378 e. The van der Waals surface area contributed by atoms with Gasteiger partial charge in [-0.2, -0.15) is 0 Å². The zero-order valence-electron chi connectivity index (χ0n) is 21.9. The van der Waals surface area contributed by atoms with Gasteiger partial charge in [-0.15, -0.1) is 0 Å². The summed E-state index contributed by atoms with van der Waals surface area (Å²) in [6.45, 7) is 4.84. The van der Waals surface area contributed by atoms with Crippen LogP contribution in [-0.2, 0) is 11.2 Å². The molecule has 0 saturated carbocycles. The molecule has 37 heavy (non-hydrogen) atoms. The van der Waals surface area contributed by atoms with Crippen LogP contribution in [0.15, 0.2) is 66.7 Å². The summed E-state index contributed by atoms with van der Waals surface area (Å²) in [6, 6.07) is 15.6. The number of hydrogen-bond donors (Lipinski definition) is 0. The van der Waals surface area contributed by atoms with Gasteiger partial charge in [0, 0.05) is 17.0 Å². The molecule has 4 rings (SSSR count). The first-order chi connectivity index (χ1) is 18.0. The summed E-state index contributed by atoms with van der Waals surface area (Å²) in [5.41, 5.74) is 3.26. The van der Waals surface area contributed by atoms with E-state index in [9.17, 15) is 8.78 Å². The third kappa shape index (κ3) is 6.73. The van der Waals surface area contributed by atoms with E-state index < -0.39 is 11.6 Å². The maximum absolute atomic E-state index is 15.1. The predicted molar refractivity (Wildman–Crippen MR) is 146 cm³/mol. The standard InChI is InChI=1S/C33H37F3O/c1-3-5-7-9-25-16-20-30(33(36)32(25)35)24-13-11-23(12-14-24)29-19-17-26(21-31(29)34)27-15-18-28(37-22-27)10-8-6-4-2/h5,7,11-14,16-17,19-21,27-28H,3-4,6,8-10,15,18,22H2,1-2H3. The average molecular weight is 507 g/mol. The molecule has 0 radical (unpaired) electrons. The Labute approximate surface area is 219 Å². The lowest BCUT2D eigenvalue weighted by atomic mass is 9.89. The van der Waals surface area contributed by atoms with Crippen molar-refractivity contribution in [1.29, 1.82) is 0 Å². The van der Waals surface area contributed by atoms with Gasteiger partial charge in [0.1, 0.15) is 5.82 Å². The largest absolute Gasteiger partial charge is 0.378 e. The van der Waals surface area contributed by atoms with Crippen molar-refractivity contribution in [3.8, 4) is 22.3 Å². The zero-order chi connectivity index (χ0) is 26.2. The second-order valence-corrected chi connectivity index (χ2v) is 10.0. The van der Waals surface area contributed by atoms with Crippen LogP contribution in [0, 0.1) is 17.5 Å². The summed E-state index contributed by atoms with van der Waals surface area (Å²) in [5, 5.41) is 0. The van der Waals surface area contributed by atoms with Crippen LogP contribution in [0.4, 0.5) is 13.2 Å². The molecule has 1 aliphatic rings. The molecular weight excluding hydrogens is 469 g/mol. The molecule has 0 amide bonds. The van der Waals surface area contributed by atoms with E-state index >= 15 is 4.39 Å². The molecule has 2 unspecified atom stereocenters. The van der Waals surface area contributed by atoms with Gasteiger partial charge in [0.15, 0.2) is 11.6 Å². The van der Waals surface area contributed by atoms with Crippen molar-refractivity contribution < 1.29 is 17.9 Å². The minimum absolute atomic E-state index is 0.202. The normalized spacial score (nSPS) is 18.0. The fourth-order valence-corrected chi connectivity index (χ4v) is 5.11. The maximum atomic E-state index is 15.1. The van der Waals surface area contributed by atoms with Crippen LogP contribution in [0.2, 0.25) is 0 Å². The summed E-state index contributed by atoms with van der Waals surface area (Å²) in [5.74, 6) is -1.74. The van der Waals surface area contributed by atoms with Gasteiger partial charge < -0.3 is 4.74 Å². The van der Waals surface area contributed by atoms with Crippen LogP contribution in [0.25, 0.3) is 22.3 Å². The first-order valence-corrected chi connectivity index (χ1v) is 13.7. The molecule has 0 bridgehead atoms. The molecule has 1 fully saturated rings. The Balaban J connectivity index is 1.44. The highest BCUT2D eigenvalue weighted by atomic mass is 19.2. The molecule has 3 aromatic carbocycles. The number of allylic oxidation sites excluding steroid dienone is 2. The second kappa shape index (κ2) is 13.1. The number of ether oxygens (including phenoxy) is 1. The Morgan fingerprint density at radius 1 is 0.811 bits per heavy atom. The molecule has 0 aromatic heterocycles. The van der Waals surface area contributed by atoms with Gasteiger partial charge in [-0.3, -0.25) is 0 Å². The number of benzene rings is 3. The van der Waals surface area contributed by atoms with Crippen molar-refractivity contribution in [3.05, 3.63) is 95.3 Å². The highest BCUT2D eigenvalue weighted by molar-refractivity contribution is 5.71. The third-order valence-electron chi connectivity index (χ3n) is 7.37. The molecule has 1 aliphatic heterocycles. The highest BCUT2D eigenvalue weighted by Gasteiger charge is 2.23. The number of hydrogen-bond acceptors (Lipinski definition) is 1.